The first-order valence-corrected chi connectivity index (χ1v) is 9.49. The summed E-state index contributed by atoms with van der Waals surface area (Å²) in [5.74, 6) is 0.167. The number of thiophene rings is 1. The largest absolute Gasteiger partial charge is 0.379 e. The number of para-hydroxylation sites is 1. The molecule has 1 saturated heterocycles. The number of amides is 2. The number of nitrogens with zero attached hydrogens (tertiary/aromatic N) is 1. The first-order chi connectivity index (χ1) is 12.2. The van der Waals surface area contributed by atoms with Crippen molar-refractivity contribution < 1.29 is 9.59 Å². The minimum atomic E-state index is -0.285. The minimum Gasteiger partial charge on any atom is -0.379 e. The van der Waals surface area contributed by atoms with E-state index in [0.29, 0.717) is 26.1 Å². The minimum absolute atomic E-state index is 0.0695. The molecular formula is C19H21N3O2S. The fourth-order valence-corrected chi connectivity index (χ4v) is 4.38. The number of fused-ring (bicyclic) bond motifs is 1. The summed E-state index contributed by atoms with van der Waals surface area (Å²) >= 11 is 1.48. The van der Waals surface area contributed by atoms with Gasteiger partial charge in [0.25, 0.3) is 5.91 Å². The molecule has 1 spiro atoms. The van der Waals surface area contributed by atoms with Crippen molar-refractivity contribution in [1.29, 1.82) is 0 Å². The van der Waals surface area contributed by atoms with Crippen molar-refractivity contribution in [2.75, 3.05) is 18.4 Å². The fourth-order valence-electron chi connectivity index (χ4n) is 3.69. The summed E-state index contributed by atoms with van der Waals surface area (Å²) in [5, 5.41) is 8.58. The Balaban J connectivity index is 1.52. The van der Waals surface area contributed by atoms with Gasteiger partial charge in [-0.05, 0) is 35.9 Å². The molecule has 0 saturated carbocycles. The second-order valence-electron chi connectivity index (χ2n) is 6.79. The molecule has 0 atom stereocenters. The first-order valence-electron chi connectivity index (χ1n) is 8.61. The van der Waals surface area contributed by atoms with Crippen LogP contribution in [-0.4, -0.2) is 35.3 Å². The van der Waals surface area contributed by atoms with Gasteiger partial charge in [-0.3, -0.25) is 9.59 Å². The molecule has 4 rings (SSSR count). The van der Waals surface area contributed by atoms with Gasteiger partial charge in [-0.25, -0.2) is 0 Å². The number of nitrogens with one attached hydrogen (secondary N) is 2. The third-order valence-corrected chi connectivity index (χ3v) is 5.99. The van der Waals surface area contributed by atoms with E-state index in [2.05, 4.69) is 16.7 Å². The van der Waals surface area contributed by atoms with E-state index in [9.17, 15) is 9.59 Å². The quantitative estimate of drug-likeness (QED) is 0.827. The topological polar surface area (TPSA) is 61.4 Å². The summed E-state index contributed by atoms with van der Waals surface area (Å²) in [5.41, 5.74) is 1.90. The van der Waals surface area contributed by atoms with Crippen LogP contribution >= 0.6 is 11.3 Å². The molecule has 1 aromatic heterocycles. The highest BCUT2D eigenvalue weighted by molar-refractivity contribution is 7.12. The van der Waals surface area contributed by atoms with Gasteiger partial charge in [-0.2, -0.15) is 0 Å². The lowest BCUT2D eigenvalue weighted by molar-refractivity contribution is -0.122. The summed E-state index contributed by atoms with van der Waals surface area (Å²) in [6.07, 6.45) is 1.99. The Morgan fingerprint density at radius 3 is 2.68 bits per heavy atom. The third kappa shape index (κ3) is 3.26. The van der Waals surface area contributed by atoms with Crippen LogP contribution in [-0.2, 0) is 11.3 Å². The number of hydrogen-bond donors (Lipinski definition) is 2. The molecule has 6 heteroatoms. The highest BCUT2D eigenvalue weighted by atomic mass is 32.1. The van der Waals surface area contributed by atoms with Gasteiger partial charge in [0.1, 0.15) is 0 Å². The van der Waals surface area contributed by atoms with Crippen LogP contribution in [0.15, 0.2) is 41.8 Å². The van der Waals surface area contributed by atoms with Gasteiger partial charge in [0.05, 0.1) is 4.88 Å². The van der Waals surface area contributed by atoms with Gasteiger partial charge in [0.15, 0.2) is 0 Å². The number of benzene rings is 1. The summed E-state index contributed by atoms with van der Waals surface area (Å²) in [6, 6.07) is 11.9. The lowest BCUT2D eigenvalue weighted by atomic mass is 9.82. The van der Waals surface area contributed by atoms with Crippen LogP contribution in [0, 0.1) is 0 Å². The van der Waals surface area contributed by atoms with Gasteiger partial charge in [0.2, 0.25) is 5.91 Å². The van der Waals surface area contributed by atoms with Crippen molar-refractivity contribution in [3.8, 4) is 0 Å². The SMILES string of the molecule is O=C1CC2(CCN(C(=O)c3cccs3)CC2)Nc2ccccc2CN1. The molecule has 0 radical (unpaired) electrons. The smallest absolute Gasteiger partial charge is 0.263 e. The van der Waals surface area contributed by atoms with E-state index in [0.717, 1.165) is 29.0 Å². The Morgan fingerprint density at radius 2 is 1.92 bits per heavy atom. The number of carbonyl (C=O) groups excluding carboxylic acids is 2. The van der Waals surface area contributed by atoms with E-state index in [1.165, 1.54) is 11.3 Å². The maximum atomic E-state index is 12.6. The fraction of sp³-hybridized carbons (Fsp3) is 0.368. The van der Waals surface area contributed by atoms with Crippen molar-refractivity contribution in [3.05, 3.63) is 52.2 Å². The molecule has 5 nitrogen and oxygen atoms in total. The van der Waals surface area contributed by atoms with Crippen molar-refractivity contribution >= 4 is 28.8 Å². The van der Waals surface area contributed by atoms with Crippen molar-refractivity contribution in [2.24, 2.45) is 0 Å². The average Bonchev–Trinajstić information content (AvgIpc) is 3.14. The zero-order valence-corrected chi connectivity index (χ0v) is 14.8. The van der Waals surface area contributed by atoms with E-state index in [1.807, 2.05) is 40.6 Å². The second-order valence-corrected chi connectivity index (χ2v) is 7.73. The number of hydrogen-bond acceptors (Lipinski definition) is 4. The van der Waals surface area contributed by atoms with Crippen LogP contribution in [0.2, 0.25) is 0 Å². The van der Waals surface area contributed by atoms with Crippen molar-refractivity contribution in [3.63, 3.8) is 0 Å². The number of carbonyl (C=O) groups is 2. The maximum Gasteiger partial charge on any atom is 0.263 e. The van der Waals surface area contributed by atoms with Gasteiger partial charge in [-0.1, -0.05) is 24.3 Å². The monoisotopic (exact) mass is 355 g/mol. The second kappa shape index (κ2) is 6.52. The summed E-state index contributed by atoms with van der Waals surface area (Å²) < 4.78 is 0. The van der Waals surface area contributed by atoms with Gasteiger partial charge in [-0.15, -0.1) is 11.3 Å². The molecule has 2 N–H and O–H groups in total. The lowest BCUT2D eigenvalue weighted by Gasteiger charge is -2.43. The van der Waals surface area contributed by atoms with Gasteiger partial charge in [0, 0.05) is 37.3 Å². The Morgan fingerprint density at radius 1 is 1.12 bits per heavy atom. The number of likely N-dealkylation sites (tertiary alicyclic amines) is 1. The van der Waals surface area contributed by atoms with Crippen LogP contribution in [0.4, 0.5) is 5.69 Å². The predicted molar refractivity (Wildman–Crippen MR) is 98.7 cm³/mol. The van der Waals surface area contributed by atoms with Crippen molar-refractivity contribution in [1.82, 2.24) is 10.2 Å². The number of rotatable bonds is 1. The van der Waals surface area contributed by atoms with E-state index in [-0.39, 0.29) is 17.4 Å². The summed E-state index contributed by atoms with van der Waals surface area (Å²) in [7, 11) is 0. The molecule has 2 aromatic rings. The summed E-state index contributed by atoms with van der Waals surface area (Å²) in [6.45, 7) is 1.89. The normalized spacial score (nSPS) is 19.4. The molecule has 130 valence electrons. The Kier molecular flexibility index (Phi) is 4.21. The molecule has 3 heterocycles. The molecule has 2 aliphatic heterocycles. The van der Waals surface area contributed by atoms with E-state index < -0.39 is 0 Å². The zero-order valence-electron chi connectivity index (χ0n) is 14.0. The van der Waals surface area contributed by atoms with Crippen LogP contribution in [0.25, 0.3) is 0 Å². The molecule has 1 fully saturated rings. The van der Waals surface area contributed by atoms with Crippen molar-refractivity contribution in [2.45, 2.75) is 31.3 Å². The molecule has 1 aromatic carbocycles. The molecule has 2 aliphatic rings. The zero-order chi connectivity index (χ0) is 17.3. The highest BCUT2D eigenvalue weighted by Gasteiger charge is 2.39. The molecule has 0 unspecified atom stereocenters. The molecule has 0 bridgehead atoms. The molecule has 0 aliphatic carbocycles. The summed E-state index contributed by atoms with van der Waals surface area (Å²) in [4.78, 5) is 27.5. The van der Waals surface area contributed by atoms with E-state index in [4.69, 9.17) is 0 Å². The van der Waals surface area contributed by atoms with Crippen LogP contribution < -0.4 is 10.6 Å². The van der Waals surface area contributed by atoms with E-state index >= 15 is 0 Å². The van der Waals surface area contributed by atoms with Gasteiger partial charge < -0.3 is 15.5 Å². The Hall–Kier alpha value is -2.34. The molecule has 25 heavy (non-hydrogen) atoms. The first kappa shape index (κ1) is 16.1. The standard InChI is InChI=1S/C19H21N3O2S/c23-17-12-19(21-15-5-2-1-4-14(15)13-20-17)7-9-22(10-8-19)18(24)16-6-3-11-25-16/h1-6,11,21H,7-10,12-13H2,(H,20,23). The third-order valence-electron chi connectivity index (χ3n) is 5.13. The Bertz CT molecular complexity index is 780. The van der Waals surface area contributed by atoms with Crippen LogP contribution in [0.1, 0.15) is 34.5 Å². The Labute approximate surface area is 151 Å². The average molecular weight is 355 g/mol. The van der Waals surface area contributed by atoms with E-state index in [1.54, 1.807) is 0 Å². The lowest BCUT2D eigenvalue weighted by Crippen LogP contribution is -2.53. The van der Waals surface area contributed by atoms with Crippen LogP contribution in [0.5, 0.6) is 0 Å². The number of anilines is 1. The maximum absolute atomic E-state index is 12.6. The predicted octanol–water partition coefficient (Wildman–Crippen LogP) is 2.85. The number of piperidine rings is 1. The van der Waals surface area contributed by atoms with Gasteiger partial charge >= 0.3 is 0 Å². The molecular weight excluding hydrogens is 334 g/mol. The molecule has 2 amide bonds. The highest BCUT2D eigenvalue weighted by Crippen LogP contribution is 2.33. The van der Waals surface area contributed by atoms with Crippen LogP contribution in [0.3, 0.4) is 0 Å².